The van der Waals surface area contributed by atoms with Crippen molar-refractivity contribution in [1.29, 1.82) is 0 Å². The number of phenols is 1. The van der Waals surface area contributed by atoms with Crippen molar-refractivity contribution in [2.45, 2.75) is 13.0 Å². The van der Waals surface area contributed by atoms with Gasteiger partial charge in [-0.15, -0.1) is 0 Å². The summed E-state index contributed by atoms with van der Waals surface area (Å²) in [5, 5.41) is 21.1. The second-order valence-corrected chi connectivity index (χ2v) is 6.82. The number of hydrogen-bond donors (Lipinski definition) is 3. The Morgan fingerprint density at radius 3 is 2.46 bits per heavy atom. The maximum absolute atomic E-state index is 12.3. The molecule has 2 atom stereocenters. The smallest absolute Gasteiger partial charge is 0.414 e. The molecule has 3 N–H and O–H groups in total. The first-order chi connectivity index (χ1) is 13.3. The molecule has 0 saturated carbocycles. The molecule has 0 aliphatic carbocycles. The van der Waals surface area contributed by atoms with Crippen LogP contribution in [0.3, 0.4) is 0 Å². The molecule has 0 saturated heterocycles. The van der Waals surface area contributed by atoms with Gasteiger partial charge in [-0.25, -0.2) is 9.59 Å². The van der Waals surface area contributed by atoms with Gasteiger partial charge in [-0.1, -0.05) is 47.1 Å². The maximum Gasteiger partial charge on any atom is 0.414 e. The van der Waals surface area contributed by atoms with Crippen molar-refractivity contribution in [1.82, 2.24) is 5.32 Å². The Labute approximate surface area is 169 Å². The molecule has 0 radical (unpaired) electrons. The number of benzene rings is 2. The normalized spacial score (nSPS) is 12.9. The predicted octanol–water partition coefficient (Wildman–Crippen LogP) is 4.04. The van der Waals surface area contributed by atoms with Crippen LogP contribution in [0.1, 0.15) is 28.9 Å². The lowest BCUT2D eigenvalue weighted by molar-refractivity contribution is -0.131. The summed E-state index contributed by atoms with van der Waals surface area (Å²) in [4.78, 5) is 35.2. The highest BCUT2D eigenvalue weighted by Gasteiger charge is 2.26. The molecule has 2 aromatic rings. The van der Waals surface area contributed by atoms with E-state index in [1.165, 1.54) is 12.1 Å². The number of rotatable bonds is 6. The topological polar surface area (TPSA) is 113 Å². The number of alkyl carbamates (subject to hydrolysis) is 1. The number of aliphatic carboxylic acids is 1. The van der Waals surface area contributed by atoms with E-state index in [2.05, 4.69) is 21.2 Å². The zero-order chi connectivity index (χ0) is 20.7. The monoisotopic (exact) mass is 447 g/mol. The molecule has 0 bridgehead atoms. The van der Waals surface area contributed by atoms with Crippen molar-refractivity contribution in [2.75, 3.05) is 0 Å². The molecular weight excluding hydrogens is 430 g/mol. The van der Waals surface area contributed by atoms with E-state index in [0.717, 1.165) is 6.08 Å². The molecule has 0 spiro atoms. The Kier molecular flexibility index (Phi) is 7.34. The van der Waals surface area contributed by atoms with E-state index in [1.54, 1.807) is 49.4 Å². The minimum atomic E-state index is -1.16. The number of carbonyl (C=O) groups excluding carboxylic acids is 2. The average Bonchev–Trinajstić information content (AvgIpc) is 2.67. The number of nitrogens with one attached hydrogen (secondary N) is 1. The third-order valence-electron chi connectivity index (χ3n) is 3.80. The molecule has 0 fully saturated rings. The number of phenolic OH excluding ortho intramolecular Hbond substituents is 1. The van der Waals surface area contributed by atoms with Gasteiger partial charge < -0.3 is 14.9 Å². The van der Waals surface area contributed by atoms with Crippen LogP contribution < -0.4 is 5.32 Å². The van der Waals surface area contributed by atoms with Crippen molar-refractivity contribution < 1.29 is 29.3 Å². The molecule has 2 amide bonds. The molecule has 28 heavy (non-hydrogen) atoms. The molecule has 146 valence electrons. The Hall–Kier alpha value is -3.13. The molecular formula is C20H18BrNO6. The van der Waals surface area contributed by atoms with Crippen LogP contribution in [0.2, 0.25) is 0 Å². The molecule has 0 unspecified atom stereocenters. The van der Waals surface area contributed by atoms with E-state index in [4.69, 9.17) is 9.84 Å². The van der Waals surface area contributed by atoms with Gasteiger partial charge in [-0.05, 0) is 30.3 Å². The van der Waals surface area contributed by atoms with E-state index in [1.807, 2.05) is 0 Å². The molecule has 0 heterocycles. The largest absolute Gasteiger partial charge is 0.508 e. The number of ether oxygens (including phenoxy) is 1. The molecule has 7 nitrogen and oxygen atoms in total. The van der Waals surface area contributed by atoms with E-state index >= 15 is 0 Å². The first-order valence-electron chi connectivity index (χ1n) is 8.24. The van der Waals surface area contributed by atoms with Gasteiger partial charge in [0.1, 0.15) is 11.9 Å². The van der Waals surface area contributed by atoms with Gasteiger partial charge in [0.15, 0.2) is 0 Å². The standard InChI is InChI=1S/C20H18BrNO6/c1-12(7-10-17(24)25)18(15-11-14(21)8-9-16(15)23)28-20(27)22-19(26)13-5-3-2-4-6-13/h2-12,18,23H,1H3,(H,24,25)(H,22,26,27)/b10-7+/t12-,18-/m0/s1. The Balaban J connectivity index is 2.23. The van der Waals surface area contributed by atoms with Gasteiger partial charge in [-0.2, -0.15) is 0 Å². The van der Waals surface area contributed by atoms with Crippen molar-refractivity contribution in [3.8, 4) is 5.75 Å². The van der Waals surface area contributed by atoms with Crippen molar-refractivity contribution in [3.63, 3.8) is 0 Å². The fraction of sp³-hybridized carbons (Fsp3) is 0.150. The Bertz CT molecular complexity index is 897. The van der Waals surface area contributed by atoms with Gasteiger partial charge in [0, 0.05) is 27.6 Å². The van der Waals surface area contributed by atoms with Crippen molar-refractivity contribution in [3.05, 3.63) is 76.3 Å². The van der Waals surface area contributed by atoms with E-state index in [0.29, 0.717) is 4.47 Å². The summed E-state index contributed by atoms with van der Waals surface area (Å²) in [6, 6.07) is 12.7. The number of aromatic hydroxyl groups is 1. The third kappa shape index (κ3) is 5.95. The van der Waals surface area contributed by atoms with E-state index in [-0.39, 0.29) is 16.9 Å². The molecule has 0 aliphatic heterocycles. The first kappa shape index (κ1) is 21.2. The molecule has 2 aromatic carbocycles. The van der Waals surface area contributed by atoms with Crippen molar-refractivity contribution in [2.24, 2.45) is 5.92 Å². The molecule has 0 aliphatic rings. The summed E-state index contributed by atoms with van der Waals surface area (Å²) in [6.45, 7) is 1.62. The number of hydrogen-bond acceptors (Lipinski definition) is 5. The maximum atomic E-state index is 12.3. The lowest BCUT2D eigenvalue weighted by atomic mass is 9.96. The summed E-state index contributed by atoms with van der Waals surface area (Å²) < 4.78 is 5.99. The molecule has 0 aromatic heterocycles. The number of halogens is 1. The fourth-order valence-electron chi connectivity index (χ4n) is 2.44. The highest BCUT2D eigenvalue weighted by molar-refractivity contribution is 9.10. The van der Waals surface area contributed by atoms with Crippen LogP contribution in [0, 0.1) is 5.92 Å². The number of carboxylic acids is 1. The second-order valence-electron chi connectivity index (χ2n) is 5.91. The van der Waals surface area contributed by atoms with Gasteiger partial charge in [0.05, 0.1) is 0 Å². The van der Waals surface area contributed by atoms with E-state index in [9.17, 15) is 19.5 Å². The van der Waals surface area contributed by atoms with Crippen LogP contribution in [0.25, 0.3) is 0 Å². The van der Waals surface area contributed by atoms with Gasteiger partial charge in [0.25, 0.3) is 5.91 Å². The Morgan fingerprint density at radius 1 is 1.14 bits per heavy atom. The summed E-state index contributed by atoms with van der Waals surface area (Å²) in [5.41, 5.74) is 0.541. The highest BCUT2D eigenvalue weighted by Crippen LogP contribution is 2.35. The summed E-state index contributed by atoms with van der Waals surface area (Å²) in [6.07, 6.45) is 0.202. The summed E-state index contributed by atoms with van der Waals surface area (Å²) in [7, 11) is 0. The molecule has 2 rings (SSSR count). The minimum Gasteiger partial charge on any atom is -0.508 e. The number of carbonyl (C=O) groups is 3. The fourth-order valence-corrected chi connectivity index (χ4v) is 2.82. The van der Waals surface area contributed by atoms with E-state index < -0.39 is 30.0 Å². The zero-order valence-corrected chi connectivity index (χ0v) is 16.4. The van der Waals surface area contributed by atoms with Crippen LogP contribution in [-0.4, -0.2) is 28.2 Å². The second kappa shape index (κ2) is 9.70. The quantitative estimate of drug-likeness (QED) is 0.575. The van der Waals surface area contributed by atoms with Crippen molar-refractivity contribution >= 4 is 33.9 Å². The lowest BCUT2D eigenvalue weighted by Gasteiger charge is -2.23. The molecule has 8 heteroatoms. The zero-order valence-electron chi connectivity index (χ0n) is 14.8. The van der Waals surface area contributed by atoms with Gasteiger partial charge >= 0.3 is 12.1 Å². The Morgan fingerprint density at radius 2 is 1.82 bits per heavy atom. The van der Waals surface area contributed by atoms with Crippen LogP contribution in [0.15, 0.2) is 65.2 Å². The number of amides is 2. The number of carboxylic acid groups (broad SMARTS) is 1. The lowest BCUT2D eigenvalue weighted by Crippen LogP contribution is -2.33. The highest BCUT2D eigenvalue weighted by atomic mass is 79.9. The van der Waals surface area contributed by atoms with Gasteiger partial charge in [0.2, 0.25) is 0 Å². The first-order valence-corrected chi connectivity index (χ1v) is 9.03. The third-order valence-corrected chi connectivity index (χ3v) is 4.29. The van der Waals surface area contributed by atoms with Crippen LogP contribution in [0.5, 0.6) is 5.75 Å². The number of imide groups is 1. The van der Waals surface area contributed by atoms with Crippen LogP contribution >= 0.6 is 15.9 Å². The SMILES string of the molecule is C[C@@H](/C=C/C(=O)O)[C@H](OC(=O)NC(=O)c1ccccc1)c1cc(Br)ccc1O. The van der Waals surface area contributed by atoms with Crippen LogP contribution in [-0.2, 0) is 9.53 Å². The summed E-state index contributed by atoms with van der Waals surface area (Å²) >= 11 is 3.28. The summed E-state index contributed by atoms with van der Waals surface area (Å²) in [5.74, 6) is -2.54. The van der Waals surface area contributed by atoms with Crippen LogP contribution in [0.4, 0.5) is 4.79 Å². The predicted molar refractivity (Wildman–Crippen MR) is 105 cm³/mol. The van der Waals surface area contributed by atoms with Gasteiger partial charge in [-0.3, -0.25) is 10.1 Å². The minimum absolute atomic E-state index is 0.133. The average molecular weight is 448 g/mol.